The van der Waals surface area contributed by atoms with Gasteiger partial charge in [-0.25, -0.2) is 0 Å². The highest BCUT2D eigenvalue weighted by Crippen LogP contribution is 2.20. The van der Waals surface area contributed by atoms with Crippen molar-refractivity contribution in [3.05, 3.63) is 64.2 Å². The van der Waals surface area contributed by atoms with Crippen LogP contribution in [0, 0.1) is 13.8 Å². The van der Waals surface area contributed by atoms with E-state index in [1.807, 2.05) is 30.3 Å². The quantitative estimate of drug-likeness (QED) is 0.773. The minimum atomic E-state index is 0.546. The smallest absolute Gasteiger partial charge is 0.122 e. The lowest BCUT2D eigenvalue weighted by Gasteiger charge is -2.09. The van der Waals surface area contributed by atoms with Gasteiger partial charge in [-0.05, 0) is 43.2 Å². The van der Waals surface area contributed by atoms with Crippen LogP contribution in [0.2, 0.25) is 5.02 Å². The molecule has 0 saturated carbocycles. The fraction of sp³-hybridized carbons (Fsp3) is 0.200. The highest BCUT2D eigenvalue weighted by atomic mass is 35.5. The summed E-state index contributed by atoms with van der Waals surface area (Å²) in [5.41, 5.74) is 3.49. The summed E-state index contributed by atoms with van der Waals surface area (Å²) in [6.45, 7) is 4.68. The standard InChI is InChI=1S/C15H15ClO/c1-11-6-7-15(12(2)8-11)17-10-13-4-3-5-14(16)9-13/h3-9H,10H2,1-2H3. The Labute approximate surface area is 107 Å². The summed E-state index contributed by atoms with van der Waals surface area (Å²) in [5, 5.41) is 0.742. The first kappa shape index (κ1) is 12.0. The number of halogens is 1. The highest BCUT2D eigenvalue weighted by molar-refractivity contribution is 6.30. The molecule has 0 radical (unpaired) electrons. The van der Waals surface area contributed by atoms with Crippen molar-refractivity contribution in [2.24, 2.45) is 0 Å². The molecule has 1 nitrogen and oxygen atoms in total. The molecule has 0 aliphatic carbocycles. The van der Waals surface area contributed by atoms with Crippen molar-refractivity contribution in [1.29, 1.82) is 0 Å². The van der Waals surface area contributed by atoms with E-state index in [4.69, 9.17) is 16.3 Å². The molecule has 0 heterocycles. The lowest BCUT2D eigenvalue weighted by Crippen LogP contribution is -1.97. The molecule has 88 valence electrons. The number of aryl methyl sites for hydroxylation is 2. The van der Waals surface area contributed by atoms with Crippen LogP contribution in [0.4, 0.5) is 0 Å². The Balaban J connectivity index is 2.07. The molecule has 0 N–H and O–H groups in total. The molecule has 17 heavy (non-hydrogen) atoms. The molecule has 2 aromatic rings. The monoisotopic (exact) mass is 246 g/mol. The van der Waals surface area contributed by atoms with E-state index in [-0.39, 0.29) is 0 Å². The summed E-state index contributed by atoms with van der Waals surface area (Å²) < 4.78 is 5.77. The second-order valence-electron chi connectivity index (χ2n) is 4.19. The second kappa shape index (κ2) is 5.24. The van der Waals surface area contributed by atoms with Crippen LogP contribution in [0.15, 0.2) is 42.5 Å². The number of hydrogen-bond acceptors (Lipinski definition) is 1. The highest BCUT2D eigenvalue weighted by Gasteiger charge is 2.00. The van der Waals surface area contributed by atoms with E-state index >= 15 is 0 Å². The number of rotatable bonds is 3. The average Bonchev–Trinajstić information content (AvgIpc) is 2.28. The molecule has 0 atom stereocenters. The summed E-state index contributed by atoms with van der Waals surface area (Å²) in [4.78, 5) is 0. The Morgan fingerprint density at radius 1 is 1.06 bits per heavy atom. The van der Waals surface area contributed by atoms with Crippen molar-refractivity contribution in [2.75, 3.05) is 0 Å². The van der Waals surface area contributed by atoms with Gasteiger partial charge in [0.05, 0.1) is 0 Å². The minimum Gasteiger partial charge on any atom is -0.489 e. The fourth-order valence-electron chi connectivity index (χ4n) is 1.75. The first-order valence-corrected chi connectivity index (χ1v) is 5.97. The molecule has 2 aromatic carbocycles. The predicted octanol–water partition coefficient (Wildman–Crippen LogP) is 4.54. The molecule has 2 heteroatoms. The van der Waals surface area contributed by atoms with Crippen molar-refractivity contribution in [3.8, 4) is 5.75 Å². The van der Waals surface area contributed by atoms with Gasteiger partial charge < -0.3 is 4.74 Å². The van der Waals surface area contributed by atoms with Crippen LogP contribution in [0.5, 0.6) is 5.75 Å². The molecule has 2 rings (SSSR count). The van der Waals surface area contributed by atoms with Crippen molar-refractivity contribution in [3.63, 3.8) is 0 Å². The fourth-order valence-corrected chi connectivity index (χ4v) is 1.96. The first-order valence-electron chi connectivity index (χ1n) is 5.59. The van der Waals surface area contributed by atoms with Gasteiger partial charge in [-0.3, -0.25) is 0 Å². The largest absolute Gasteiger partial charge is 0.489 e. The van der Waals surface area contributed by atoms with Crippen molar-refractivity contribution in [2.45, 2.75) is 20.5 Å². The molecule has 0 aliphatic heterocycles. The topological polar surface area (TPSA) is 9.23 Å². The third kappa shape index (κ3) is 3.24. The maximum atomic E-state index is 5.92. The molecule has 0 unspecified atom stereocenters. The Kier molecular flexibility index (Phi) is 3.70. The van der Waals surface area contributed by atoms with Gasteiger partial charge in [0.2, 0.25) is 0 Å². The summed E-state index contributed by atoms with van der Waals surface area (Å²) in [5.74, 6) is 0.926. The van der Waals surface area contributed by atoms with E-state index in [0.29, 0.717) is 6.61 Å². The normalized spacial score (nSPS) is 10.3. The third-order valence-electron chi connectivity index (χ3n) is 2.61. The van der Waals surface area contributed by atoms with Crippen molar-refractivity contribution in [1.82, 2.24) is 0 Å². The van der Waals surface area contributed by atoms with Gasteiger partial charge in [-0.15, -0.1) is 0 Å². The average molecular weight is 247 g/mol. The van der Waals surface area contributed by atoms with E-state index < -0.39 is 0 Å². The second-order valence-corrected chi connectivity index (χ2v) is 4.62. The first-order chi connectivity index (χ1) is 8.15. The Bertz CT molecular complexity index is 520. The van der Waals surface area contributed by atoms with Crippen LogP contribution in [-0.4, -0.2) is 0 Å². The summed E-state index contributed by atoms with van der Waals surface area (Å²) in [7, 11) is 0. The molecule has 0 aliphatic rings. The molecule has 0 spiro atoms. The van der Waals surface area contributed by atoms with Crippen LogP contribution < -0.4 is 4.74 Å². The van der Waals surface area contributed by atoms with E-state index in [2.05, 4.69) is 26.0 Å². The van der Waals surface area contributed by atoms with E-state index in [1.54, 1.807) is 0 Å². The predicted molar refractivity (Wildman–Crippen MR) is 71.7 cm³/mol. The summed E-state index contributed by atoms with van der Waals surface area (Å²) >= 11 is 5.92. The number of ether oxygens (including phenoxy) is 1. The van der Waals surface area contributed by atoms with Gasteiger partial charge in [0.15, 0.2) is 0 Å². The van der Waals surface area contributed by atoms with Crippen LogP contribution in [-0.2, 0) is 6.61 Å². The maximum absolute atomic E-state index is 5.92. The number of hydrogen-bond donors (Lipinski definition) is 0. The van der Waals surface area contributed by atoms with Crippen molar-refractivity contribution >= 4 is 11.6 Å². The Hall–Kier alpha value is -1.47. The lowest BCUT2D eigenvalue weighted by molar-refractivity contribution is 0.304. The van der Waals surface area contributed by atoms with Gasteiger partial charge in [0, 0.05) is 5.02 Å². The van der Waals surface area contributed by atoms with Crippen LogP contribution in [0.1, 0.15) is 16.7 Å². The summed E-state index contributed by atoms with van der Waals surface area (Å²) in [6.07, 6.45) is 0. The molecular formula is C15H15ClO. The molecule has 0 fully saturated rings. The lowest BCUT2D eigenvalue weighted by atomic mass is 10.1. The minimum absolute atomic E-state index is 0.546. The zero-order chi connectivity index (χ0) is 12.3. The van der Waals surface area contributed by atoms with E-state index in [1.165, 1.54) is 5.56 Å². The van der Waals surface area contributed by atoms with Gasteiger partial charge in [0.1, 0.15) is 12.4 Å². The van der Waals surface area contributed by atoms with Gasteiger partial charge in [-0.2, -0.15) is 0 Å². The van der Waals surface area contributed by atoms with Crippen molar-refractivity contribution < 1.29 is 4.74 Å². The van der Waals surface area contributed by atoms with Crippen LogP contribution >= 0.6 is 11.6 Å². The Morgan fingerprint density at radius 2 is 1.88 bits per heavy atom. The molecular weight excluding hydrogens is 232 g/mol. The molecule has 0 amide bonds. The zero-order valence-corrected chi connectivity index (χ0v) is 10.8. The zero-order valence-electron chi connectivity index (χ0n) is 10.0. The summed E-state index contributed by atoms with van der Waals surface area (Å²) in [6, 6.07) is 13.9. The molecule has 0 bridgehead atoms. The molecule has 0 saturated heterocycles. The SMILES string of the molecule is Cc1ccc(OCc2cccc(Cl)c2)c(C)c1. The molecule has 0 aromatic heterocycles. The van der Waals surface area contributed by atoms with Crippen LogP contribution in [0.3, 0.4) is 0 Å². The third-order valence-corrected chi connectivity index (χ3v) is 2.85. The van der Waals surface area contributed by atoms with Gasteiger partial charge in [-0.1, -0.05) is 41.4 Å². The maximum Gasteiger partial charge on any atom is 0.122 e. The number of benzene rings is 2. The van der Waals surface area contributed by atoms with Gasteiger partial charge >= 0.3 is 0 Å². The van der Waals surface area contributed by atoms with Gasteiger partial charge in [0.25, 0.3) is 0 Å². The van der Waals surface area contributed by atoms with E-state index in [0.717, 1.165) is 21.9 Å². The Morgan fingerprint density at radius 3 is 2.59 bits per heavy atom. The van der Waals surface area contributed by atoms with Crippen LogP contribution in [0.25, 0.3) is 0 Å². The van der Waals surface area contributed by atoms with E-state index in [9.17, 15) is 0 Å².